The van der Waals surface area contributed by atoms with Crippen molar-refractivity contribution in [3.63, 3.8) is 0 Å². The van der Waals surface area contributed by atoms with Gasteiger partial charge in [-0.05, 0) is 48.9 Å². The van der Waals surface area contributed by atoms with Crippen molar-refractivity contribution in [2.24, 2.45) is 0 Å². The fraction of sp³-hybridized carbons (Fsp3) is 0.240. The summed E-state index contributed by atoms with van der Waals surface area (Å²) < 4.78 is 17.4. The van der Waals surface area contributed by atoms with Gasteiger partial charge in [-0.25, -0.2) is 4.79 Å². The summed E-state index contributed by atoms with van der Waals surface area (Å²) in [6, 6.07) is 16.7. The van der Waals surface area contributed by atoms with Crippen molar-refractivity contribution < 1.29 is 23.8 Å². The number of hydrogen-bond donors (Lipinski definition) is 0. The second-order valence-electron chi connectivity index (χ2n) is 6.94. The summed E-state index contributed by atoms with van der Waals surface area (Å²) in [4.78, 5) is 22.6. The van der Waals surface area contributed by atoms with Crippen LogP contribution in [0.4, 0.5) is 0 Å². The van der Waals surface area contributed by atoms with Crippen LogP contribution in [0.2, 0.25) is 0 Å². The molecule has 1 aromatic heterocycles. The van der Waals surface area contributed by atoms with Crippen molar-refractivity contribution in [1.82, 2.24) is 4.57 Å². The highest BCUT2D eigenvalue weighted by Gasteiger charge is 2.12. The third-order valence-electron chi connectivity index (χ3n) is 4.65. The van der Waals surface area contributed by atoms with Crippen LogP contribution < -0.4 is 4.74 Å². The second kappa shape index (κ2) is 10.8. The van der Waals surface area contributed by atoms with Gasteiger partial charge in [0.25, 0.3) is 0 Å². The van der Waals surface area contributed by atoms with Crippen LogP contribution in [0.15, 0.2) is 60.9 Å². The number of ether oxygens (including phenoxy) is 3. The van der Waals surface area contributed by atoms with E-state index in [-0.39, 0.29) is 11.9 Å². The number of esters is 2. The van der Waals surface area contributed by atoms with Crippen molar-refractivity contribution >= 4 is 11.9 Å². The molecule has 3 rings (SSSR count). The zero-order valence-corrected chi connectivity index (χ0v) is 18.0. The number of hydrogen-bond acceptors (Lipinski definition) is 6. The highest BCUT2D eigenvalue weighted by molar-refractivity contribution is 5.89. The zero-order valence-electron chi connectivity index (χ0n) is 18.0. The Bertz CT molecular complexity index is 1110. The number of rotatable bonds is 9. The average Bonchev–Trinajstić information content (AvgIpc) is 3.24. The van der Waals surface area contributed by atoms with E-state index in [1.165, 1.54) is 6.92 Å². The molecule has 7 nitrogen and oxygen atoms in total. The summed E-state index contributed by atoms with van der Waals surface area (Å²) in [7, 11) is 0. The van der Waals surface area contributed by atoms with E-state index in [2.05, 4.69) is 6.07 Å². The van der Waals surface area contributed by atoms with Gasteiger partial charge in [-0.2, -0.15) is 5.26 Å². The molecule has 2 aromatic carbocycles. The number of carbonyl (C=O) groups is 2. The normalized spacial score (nSPS) is 10.3. The monoisotopic (exact) mass is 432 g/mol. The molecule has 32 heavy (non-hydrogen) atoms. The molecule has 164 valence electrons. The summed E-state index contributed by atoms with van der Waals surface area (Å²) in [5.41, 5.74) is 3.52. The molecule has 0 fully saturated rings. The highest BCUT2D eigenvalue weighted by Crippen LogP contribution is 2.28. The first kappa shape index (κ1) is 22.6. The largest absolute Gasteiger partial charge is 0.493 e. The summed E-state index contributed by atoms with van der Waals surface area (Å²) in [5, 5.41) is 9.59. The van der Waals surface area contributed by atoms with Gasteiger partial charge in [0, 0.05) is 37.0 Å². The van der Waals surface area contributed by atoms with E-state index in [0.29, 0.717) is 43.1 Å². The predicted octanol–water partition coefficient (Wildman–Crippen LogP) is 4.52. The smallest absolute Gasteiger partial charge is 0.338 e. The van der Waals surface area contributed by atoms with Gasteiger partial charge in [0.05, 0.1) is 30.9 Å². The molecule has 0 aliphatic rings. The lowest BCUT2D eigenvalue weighted by atomic mass is 10.1. The Kier molecular flexibility index (Phi) is 7.65. The molecule has 0 aliphatic heterocycles. The minimum atomic E-state index is -0.362. The second-order valence-corrected chi connectivity index (χ2v) is 6.94. The average molecular weight is 432 g/mol. The van der Waals surface area contributed by atoms with E-state index in [1.807, 2.05) is 47.2 Å². The number of carbonyl (C=O) groups excluding carboxylic acids is 2. The van der Waals surface area contributed by atoms with Crippen LogP contribution in [0.1, 0.15) is 36.2 Å². The van der Waals surface area contributed by atoms with Gasteiger partial charge in [0.15, 0.2) is 0 Å². The van der Waals surface area contributed by atoms with E-state index in [9.17, 15) is 14.9 Å². The fourth-order valence-electron chi connectivity index (χ4n) is 3.10. The van der Waals surface area contributed by atoms with Crippen molar-refractivity contribution in [3.05, 3.63) is 72.1 Å². The van der Waals surface area contributed by atoms with E-state index in [0.717, 1.165) is 16.8 Å². The first-order valence-electron chi connectivity index (χ1n) is 10.3. The zero-order chi connectivity index (χ0) is 22.9. The number of nitriles is 1. The minimum absolute atomic E-state index is 0.301. The molecule has 0 N–H and O–H groups in total. The third kappa shape index (κ3) is 5.76. The summed E-state index contributed by atoms with van der Waals surface area (Å²) >= 11 is 0. The quantitative estimate of drug-likeness (QED) is 0.365. The van der Waals surface area contributed by atoms with Crippen LogP contribution in [0, 0.1) is 11.3 Å². The lowest BCUT2D eigenvalue weighted by Gasteiger charge is -2.07. The molecule has 1 heterocycles. The van der Waals surface area contributed by atoms with Crippen molar-refractivity contribution in [1.29, 1.82) is 5.26 Å². The molecule has 0 unspecified atom stereocenters. The van der Waals surface area contributed by atoms with Crippen LogP contribution in [-0.4, -0.2) is 36.3 Å². The molecule has 3 aromatic rings. The predicted molar refractivity (Wildman–Crippen MR) is 119 cm³/mol. The Balaban J connectivity index is 1.70. The fourth-order valence-corrected chi connectivity index (χ4v) is 3.10. The van der Waals surface area contributed by atoms with E-state index in [4.69, 9.17) is 14.2 Å². The molecule has 0 spiro atoms. The standard InChI is InChI=1S/C25H24N2O5/c1-3-30-25(29)20-5-9-22(10-6-20)27-16-21(15-26)24(17-27)19-7-11-23(12-8-19)32-14-4-13-31-18(2)28/h5-12,16-17H,3-4,13-14H2,1-2H3. The van der Waals surface area contributed by atoms with Crippen molar-refractivity contribution in [3.8, 4) is 28.6 Å². The first-order valence-corrected chi connectivity index (χ1v) is 10.3. The maximum absolute atomic E-state index is 11.8. The molecule has 7 heteroatoms. The summed E-state index contributed by atoms with van der Waals surface area (Å²) in [6.07, 6.45) is 4.25. The molecule has 0 bridgehead atoms. The Morgan fingerprint density at radius 3 is 2.31 bits per heavy atom. The SMILES string of the molecule is CCOC(=O)c1ccc(-n2cc(C#N)c(-c3ccc(OCCCOC(C)=O)cc3)c2)cc1. The summed E-state index contributed by atoms with van der Waals surface area (Å²) in [5.74, 6) is 0.0345. The Hall–Kier alpha value is -4.05. The van der Waals surface area contributed by atoms with Gasteiger partial charge >= 0.3 is 11.9 Å². The third-order valence-corrected chi connectivity index (χ3v) is 4.65. The van der Waals surface area contributed by atoms with Gasteiger partial charge in [0.1, 0.15) is 11.8 Å². The maximum atomic E-state index is 11.8. The number of nitrogens with zero attached hydrogens (tertiary/aromatic N) is 2. The Morgan fingerprint density at radius 2 is 1.69 bits per heavy atom. The van der Waals surface area contributed by atoms with E-state index < -0.39 is 0 Å². The Labute approximate surface area is 186 Å². The maximum Gasteiger partial charge on any atom is 0.338 e. The highest BCUT2D eigenvalue weighted by atomic mass is 16.5. The molecule has 0 atom stereocenters. The van der Waals surface area contributed by atoms with Gasteiger partial charge in [-0.3, -0.25) is 4.79 Å². The topological polar surface area (TPSA) is 90.6 Å². The van der Waals surface area contributed by atoms with Gasteiger partial charge < -0.3 is 18.8 Å². The van der Waals surface area contributed by atoms with Crippen LogP contribution in [0.5, 0.6) is 5.75 Å². The molecule has 0 saturated heterocycles. The molecule has 0 aliphatic carbocycles. The van der Waals surface area contributed by atoms with E-state index >= 15 is 0 Å². The summed E-state index contributed by atoms with van der Waals surface area (Å²) in [6.45, 7) is 4.23. The van der Waals surface area contributed by atoms with Crippen molar-refractivity contribution in [2.75, 3.05) is 19.8 Å². The van der Waals surface area contributed by atoms with Crippen LogP contribution >= 0.6 is 0 Å². The molecular formula is C25H24N2O5. The van der Waals surface area contributed by atoms with Crippen LogP contribution in [-0.2, 0) is 14.3 Å². The van der Waals surface area contributed by atoms with E-state index in [1.54, 1.807) is 25.3 Å². The van der Waals surface area contributed by atoms with Crippen molar-refractivity contribution in [2.45, 2.75) is 20.3 Å². The van der Waals surface area contributed by atoms with Gasteiger partial charge in [-0.1, -0.05) is 12.1 Å². The molecule has 0 radical (unpaired) electrons. The van der Waals surface area contributed by atoms with Crippen LogP contribution in [0.25, 0.3) is 16.8 Å². The number of benzene rings is 2. The molecule has 0 saturated carbocycles. The first-order chi connectivity index (χ1) is 15.5. The molecular weight excluding hydrogens is 408 g/mol. The lowest BCUT2D eigenvalue weighted by molar-refractivity contribution is -0.141. The molecule has 0 amide bonds. The Morgan fingerprint density at radius 1 is 0.969 bits per heavy atom. The van der Waals surface area contributed by atoms with Gasteiger partial charge in [0.2, 0.25) is 0 Å². The van der Waals surface area contributed by atoms with Gasteiger partial charge in [-0.15, -0.1) is 0 Å². The van der Waals surface area contributed by atoms with Crippen LogP contribution in [0.3, 0.4) is 0 Å². The minimum Gasteiger partial charge on any atom is -0.493 e. The number of aromatic nitrogens is 1. The lowest BCUT2D eigenvalue weighted by Crippen LogP contribution is -2.05.